The van der Waals surface area contributed by atoms with Gasteiger partial charge in [0.2, 0.25) is 6.33 Å². The van der Waals surface area contributed by atoms with Crippen molar-refractivity contribution >= 4 is 12.2 Å². The molecule has 0 spiro atoms. The van der Waals surface area contributed by atoms with Crippen molar-refractivity contribution in [2.24, 2.45) is 0 Å². The average molecular weight is 338 g/mol. The molecule has 0 radical (unpaired) electrons. The molecule has 1 heterocycles. The lowest BCUT2D eigenvalue weighted by atomic mass is 9.93. The highest BCUT2D eigenvalue weighted by Crippen LogP contribution is 2.30. The molecule has 124 valence electrons. The molecule has 0 aliphatic rings. The second-order valence-corrected chi connectivity index (χ2v) is 7.09. The summed E-state index contributed by atoms with van der Waals surface area (Å²) >= 11 is 5.56. The van der Waals surface area contributed by atoms with Gasteiger partial charge in [-0.1, -0.05) is 64.1 Å². The molecular weight excluding hydrogens is 314 g/mol. The largest absolute Gasteiger partial charge is 0.328 e. The Bertz CT molecular complexity index is 862. The molecule has 4 heteroatoms. The first-order valence-corrected chi connectivity index (χ1v) is 8.81. The first kappa shape index (κ1) is 16.7. The van der Waals surface area contributed by atoms with Gasteiger partial charge in [0.15, 0.2) is 0 Å². The molecule has 1 N–H and O–H groups in total. The summed E-state index contributed by atoms with van der Waals surface area (Å²) in [7, 11) is 0. The van der Waals surface area contributed by atoms with Crippen molar-refractivity contribution in [3.05, 3.63) is 70.8 Å². The Morgan fingerprint density at radius 1 is 0.875 bits per heavy atom. The van der Waals surface area contributed by atoms with Crippen LogP contribution < -0.4 is 4.57 Å². The predicted octanol–water partition coefficient (Wildman–Crippen LogP) is 5.06. The van der Waals surface area contributed by atoms with Gasteiger partial charge in [0.25, 0.3) is 0 Å². The van der Waals surface area contributed by atoms with E-state index >= 15 is 0 Å². The van der Waals surface area contributed by atoms with Gasteiger partial charge in [0.1, 0.15) is 11.4 Å². The molecule has 0 bridgehead atoms. The van der Waals surface area contributed by atoms with E-state index in [9.17, 15) is 0 Å². The van der Waals surface area contributed by atoms with Crippen LogP contribution >= 0.6 is 12.2 Å². The van der Waals surface area contributed by atoms with Crippen molar-refractivity contribution in [2.75, 3.05) is 0 Å². The van der Waals surface area contributed by atoms with Crippen LogP contribution in [0.25, 0.3) is 11.4 Å². The summed E-state index contributed by atoms with van der Waals surface area (Å²) in [6.07, 6.45) is 2.05. The number of benzene rings is 2. The number of aromatic amines is 1. The third kappa shape index (κ3) is 3.06. The molecule has 3 aromatic rings. The lowest BCUT2D eigenvalue weighted by Crippen LogP contribution is -2.29. The van der Waals surface area contributed by atoms with E-state index in [2.05, 4.69) is 67.8 Å². The third-order valence-electron chi connectivity index (χ3n) is 4.28. The topological polar surface area (TPSA) is 24.6 Å². The maximum absolute atomic E-state index is 5.56. The van der Waals surface area contributed by atoms with Gasteiger partial charge in [-0.05, 0) is 47.3 Å². The van der Waals surface area contributed by atoms with Crippen LogP contribution in [-0.2, 0) is 0 Å². The van der Waals surface area contributed by atoms with Gasteiger partial charge in [-0.2, -0.15) is 4.57 Å². The standard InChI is InChI=1S/C20H23N3S/c1-14(2)17-11-8-12-18(15(3)4)19(17)23-13-22(20(24)21-23)16-9-6-5-7-10-16/h5-15H,1-4H3/p+1. The van der Waals surface area contributed by atoms with Crippen LogP contribution in [-0.4, -0.2) is 9.78 Å². The maximum Gasteiger partial charge on any atom is 0.328 e. The van der Waals surface area contributed by atoms with E-state index in [1.807, 2.05) is 29.1 Å². The Balaban J connectivity index is 2.22. The maximum atomic E-state index is 5.56. The number of rotatable bonds is 4. The zero-order valence-corrected chi connectivity index (χ0v) is 15.5. The van der Waals surface area contributed by atoms with Gasteiger partial charge in [0, 0.05) is 0 Å². The van der Waals surface area contributed by atoms with Crippen molar-refractivity contribution in [3.63, 3.8) is 0 Å². The number of nitrogens with zero attached hydrogens (tertiary/aromatic N) is 2. The lowest BCUT2D eigenvalue weighted by Gasteiger charge is -2.16. The second-order valence-electron chi connectivity index (χ2n) is 6.70. The van der Waals surface area contributed by atoms with Crippen LogP contribution in [0, 0.1) is 4.77 Å². The molecule has 0 amide bonds. The molecular formula is C20H24N3S+. The fourth-order valence-electron chi connectivity index (χ4n) is 3.03. The van der Waals surface area contributed by atoms with E-state index in [0.29, 0.717) is 16.6 Å². The van der Waals surface area contributed by atoms with Gasteiger partial charge in [-0.15, -0.1) is 9.78 Å². The van der Waals surface area contributed by atoms with Gasteiger partial charge >= 0.3 is 4.77 Å². The molecule has 0 unspecified atom stereocenters. The fraction of sp³-hybridized carbons (Fsp3) is 0.300. The molecule has 0 aliphatic heterocycles. The second kappa shape index (κ2) is 6.73. The first-order valence-electron chi connectivity index (χ1n) is 8.41. The minimum absolute atomic E-state index is 0.438. The van der Waals surface area contributed by atoms with E-state index in [4.69, 9.17) is 12.2 Å². The Kier molecular flexibility index (Phi) is 4.67. The average Bonchev–Trinajstić information content (AvgIpc) is 2.96. The van der Waals surface area contributed by atoms with Crippen LogP contribution in [0.15, 0.2) is 54.9 Å². The quantitative estimate of drug-likeness (QED) is 0.522. The van der Waals surface area contributed by atoms with Crippen molar-refractivity contribution in [3.8, 4) is 11.4 Å². The van der Waals surface area contributed by atoms with E-state index in [-0.39, 0.29) is 0 Å². The lowest BCUT2D eigenvalue weighted by molar-refractivity contribution is -0.603. The summed E-state index contributed by atoms with van der Waals surface area (Å²) in [5, 5.41) is 3.34. The Hall–Kier alpha value is -2.20. The number of aromatic nitrogens is 3. The minimum atomic E-state index is 0.438. The highest BCUT2D eigenvalue weighted by molar-refractivity contribution is 7.71. The van der Waals surface area contributed by atoms with Gasteiger partial charge < -0.3 is 0 Å². The highest BCUT2D eigenvalue weighted by atomic mass is 32.1. The molecule has 24 heavy (non-hydrogen) atoms. The number of hydrogen-bond acceptors (Lipinski definition) is 1. The normalized spacial score (nSPS) is 11.4. The van der Waals surface area contributed by atoms with Crippen LogP contribution in [0.4, 0.5) is 0 Å². The molecule has 3 nitrogen and oxygen atoms in total. The zero-order valence-electron chi connectivity index (χ0n) is 14.7. The van der Waals surface area contributed by atoms with Crippen molar-refractivity contribution in [1.29, 1.82) is 0 Å². The smallest absolute Gasteiger partial charge is 0.190 e. The zero-order chi connectivity index (χ0) is 17.3. The van der Waals surface area contributed by atoms with Crippen molar-refractivity contribution < 1.29 is 4.57 Å². The van der Waals surface area contributed by atoms with Crippen molar-refractivity contribution in [2.45, 2.75) is 39.5 Å². The number of nitrogens with one attached hydrogen (secondary N) is 1. The van der Waals surface area contributed by atoms with Crippen LogP contribution in [0.5, 0.6) is 0 Å². The molecule has 0 fully saturated rings. The number of hydrogen-bond donors (Lipinski definition) is 1. The highest BCUT2D eigenvalue weighted by Gasteiger charge is 2.21. The summed E-state index contributed by atoms with van der Waals surface area (Å²) in [5.41, 5.74) is 4.92. The SMILES string of the molecule is CC(C)c1cccc(C(C)C)c1-n1c[n+](-c2ccccc2)c(=S)[nH]1. The molecule has 2 aromatic carbocycles. The Labute approximate surface area is 148 Å². The van der Waals surface area contributed by atoms with Gasteiger partial charge in [-0.25, -0.2) is 0 Å². The Morgan fingerprint density at radius 2 is 1.46 bits per heavy atom. The molecule has 3 rings (SSSR count). The molecule has 0 saturated heterocycles. The summed E-state index contributed by atoms with van der Waals surface area (Å²) in [6, 6.07) is 16.7. The fourth-order valence-corrected chi connectivity index (χ4v) is 3.28. The minimum Gasteiger partial charge on any atom is -0.190 e. The van der Waals surface area contributed by atoms with Gasteiger partial charge in [-0.3, -0.25) is 0 Å². The predicted molar refractivity (Wildman–Crippen MR) is 101 cm³/mol. The van der Waals surface area contributed by atoms with Crippen LogP contribution in [0.1, 0.15) is 50.7 Å². The molecule has 0 aliphatic carbocycles. The number of H-pyrrole nitrogens is 1. The summed E-state index contributed by atoms with van der Waals surface area (Å²) in [5.74, 6) is 0.876. The number of para-hydroxylation sites is 2. The summed E-state index contributed by atoms with van der Waals surface area (Å²) < 4.78 is 4.77. The third-order valence-corrected chi connectivity index (χ3v) is 4.57. The summed E-state index contributed by atoms with van der Waals surface area (Å²) in [6.45, 7) is 8.91. The molecule has 0 atom stereocenters. The first-order chi connectivity index (χ1) is 11.5. The molecule has 1 aromatic heterocycles. The van der Waals surface area contributed by atoms with Crippen molar-refractivity contribution in [1.82, 2.24) is 9.78 Å². The van der Waals surface area contributed by atoms with E-state index in [1.54, 1.807) is 0 Å². The molecule has 0 saturated carbocycles. The van der Waals surface area contributed by atoms with Gasteiger partial charge in [0.05, 0.1) is 0 Å². The van der Waals surface area contributed by atoms with Crippen LogP contribution in [0.2, 0.25) is 0 Å². The van der Waals surface area contributed by atoms with E-state index < -0.39 is 0 Å². The van der Waals surface area contributed by atoms with E-state index in [0.717, 1.165) is 5.69 Å². The monoisotopic (exact) mass is 338 g/mol. The summed E-state index contributed by atoms with van der Waals surface area (Å²) in [4.78, 5) is 0. The van der Waals surface area contributed by atoms with E-state index in [1.165, 1.54) is 16.8 Å². The van der Waals surface area contributed by atoms with Crippen LogP contribution in [0.3, 0.4) is 0 Å². The Morgan fingerprint density at radius 3 is 2.00 bits per heavy atom.